The molecule has 1 unspecified atom stereocenters. The SMILES string of the molecule is Cc1cccc(C(c2n[nH]c(Cc3ccccc3)n2)N(C)C)c1. The van der Waals surface area contributed by atoms with Gasteiger partial charge in [0.2, 0.25) is 0 Å². The molecule has 4 heteroatoms. The molecule has 0 bridgehead atoms. The van der Waals surface area contributed by atoms with Crippen molar-refractivity contribution < 1.29 is 0 Å². The van der Waals surface area contributed by atoms with Crippen molar-refractivity contribution in [2.75, 3.05) is 14.1 Å². The highest BCUT2D eigenvalue weighted by Crippen LogP contribution is 2.24. The van der Waals surface area contributed by atoms with E-state index in [1.807, 2.05) is 18.2 Å². The molecule has 2 aromatic carbocycles. The molecule has 0 radical (unpaired) electrons. The van der Waals surface area contributed by atoms with E-state index in [0.717, 1.165) is 18.1 Å². The number of benzene rings is 2. The molecule has 1 atom stereocenters. The molecule has 3 aromatic rings. The minimum absolute atomic E-state index is 0.0515. The van der Waals surface area contributed by atoms with Gasteiger partial charge in [-0.3, -0.25) is 10.00 Å². The van der Waals surface area contributed by atoms with Gasteiger partial charge in [0.05, 0.1) is 6.04 Å². The van der Waals surface area contributed by atoms with E-state index in [9.17, 15) is 0 Å². The summed E-state index contributed by atoms with van der Waals surface area (Å²) >= 11 is 0. The lowest BCUT2D eigenvalue weighted by Crippen LogP contribution is -2.22. The summed E-state index contributed by atoms with van der Waals surface area (Å²) in [6.07, 6.45) is 0.766. The predicted octanol–water partition coefficient (Wildman–Crippen LogP) is 3.35. The van der Waals surface area contributed by atoms with E-state index in [-0.39, 0.29) is 6.04 Å². The van der Waals surface area contributed by atoms with Crippen molar-refractivity contribution in [3.8, 4) is 0 Å². The molecular weight excluding hydrogens is 284 g/mol. The summed E-state index contributed by atoms with van der Waals surface area (Å²) in [6, 6.07) is 18.9. The van der Waals surface area contributed by atoms with Crippen LogP contribution in [0.25, 0.3) is 0 Å². The van der Waals surface area contributed by atoms with Crippen LogP contribution in [0.4, 0.5) is 0 Å². The molecule has 0 amide bonds. The molecule has 0 fully saturated rings. The first-order valence-electron chi connectivity index (χ1n) is 7.81. The van der Waals surface area contributed by atoms with E-state index < -0.39 is 0 Å². The molecular formula is C19H22N4. The maximum Gasteiger partial charge on any atom is 0.172 e. The third kappa shape index (κ3) is 3.66. The Balaban J connectivity index is 1.87. The molecule has 0 aliphatic rings. The molecule has 4 nitrogen and oxygen atoms in total. The van der Waals surface area contributed by atoms with Crippen molar-refractivity contribution in [1.82, 2.24) is 20.1 Å². The first-order chi connectivity index (χ1) is 11.1. The fraction of sp³-hybridized carbons (Fsp3) is 0.263. The van der Waals surface area contributed by atoms with Gasteiger partial charge in [-0.2, -0.15) is 5.10 Å². The molecule has 0 spiro atoms. The second kappa shape index (κ2) is 6.75. The molecule has 1 aromatic heterocycles. The Kier molecular flexibility index (Phi) is 4.53. The number of hydrogen-bond acceptors (Lipinski definition) is 3. The summed E-state index contributed by atoms with van der Waals surface area (Å²) < 4.78 is 0. The van der Waals surface area contributed by atoms with Crippen molar-refractivity contribution in [2.45, 2.75) is 19.4 Å². The van der Waals surface area contributed by atoms with E-state index >= 15 is 0 Å². The lowest BCUT2D eigenvalue weighted by Gasteiger charge is -2.22. The Hall–Kier alpha value is -2.46. The summed E-state index contributed by atoms with van der Waals surface area (Å²) in [4.78, 5) is 6.87. The number of aryl methyl sites for hydroxylation is 1. The van der Waals surface area contributed by atoms with Gasteiger partial charge in [-0.25, -0.2) is 4.98 Å². The number of H-pyrrole nitrogens is 1. The van der Waals surface area contributed by atoms with Gasteiger partial charge in [-0.1, -0.05) is 60.2 Å². The van der Waals surface area contributed by atoms with Crippen molar-refractivity contribution in [3.63, 3.8) is 0 Å². The molecule has 23 heavy (non-hydrogen) atoms. The second-order valence-electron chi connectivity index (χ2n) is 6.08. The summed E-state index contributed by atoms with van der Waals surface area (Å²) in [5, 5.41) is 7.55. The number of rotatable bonds is 5. The summed E-state index contributed by atoms with van der Waals surface area (Å²) in [6.45, 7) is 2.11. The van der Waals surface area contributed by atoms with Crippen LogP contribution in [0.1, 0.15) is 34.4 Å². The average molecular weight is 306 g/mol. The zero-order valence-electron chi connectivity index (χ0n) is 13.8. The monoisotopic (exact) mass is 306 g/mol. The quantitative estimate of drug-likeness (QED) is 0.786. The van der Waals surface area contributed by atoms with Crippen LogP contribution in [-0.4, -0.2) is 34.2 Å². The lowest BCUT2D eigenvalue weighted by atomic mass is 10.0. The molecule has 0 saturated carbocycles. The first kappa shape index (κ1) is 15.4. The topological polar surface area (TPSA) is 44.8 Å². The lowest BCUT2D eigenvalue weighted by molar-refractivity contribution is 0.330. The van der Waals surface area contributed by atoms with Gasteiger partial charge >= 0.3 is 0 Å². The smallest absolute Gasteiger partial charge is 0.172 e. The maximum absolute atomic E-state index is 4.72. The van der Waals surface area contributed by atoms with E-state index in [2.05, 4.69) is 72.5 Å². The second-order valence-corrected chi connectivity index (χ2v) is 6.08. The highest BCUT2D eigenvalue weighted by atomic mass is 15.3. The Bertz CT molecular complexity index is 762. The van der Waals surface area contributed by atoms with Gasteiger partial charge < -0.3 is 0 Å². The third-order valence-corrected chi connectivity index (χ3v) is 3.88. The fourth-order valence-corrected chi connectivity index (χ4v) is 2.82. The molecule has 1 heterocycles. The Morgan fingerprint density at radius 2 is 1.83 bits per heavy atom. The number of aromatic amines is 1. The van der Waals surface area contributed by atoms with Gasteiger partial charge in [-0.15, -0.1) is 0 Å². The minimum atomic E-state index is 0.0515. The average Bonchev–Trinajstić information content (AvgIpc) is 2.96. The van der Waals surface area contributed by atoms with Crippen molar-refractivity contribution in [3.05, 3.63) is 82.9 Å². The fourth-order valence-electron chi connectivity index (χ4n) is 2.82. The zero-order valence-corrected chi connectivity index (χ0v) is 13.8. The van der Waals surface area contributed by atoms with Crippen molar-refractivity contribution >= 4 is 0 Å². The highest BCUT2D eigenvalue weighted by Gasteiger charge is 2.21. The van der Waals surface area contributed by atoms with Gasteiger partial charge in [0, 0.05) is 6.42 Å². The maximum atomic E-state index is 4.72. The molecule has 118 valence electrons. The first-order valence-corrected chi connectivity index (χ1v) is 7.81. The molecule has 0 aliphatic carbocycles. The molecule has 0 saturated heterocycles. The molecule has 3 rings (SSSR count). The number of hydrogen-bond donors (Lipinski definition) is 1. The summed E-state index contributed by atoms with van der Waals surface area (Å²) in [7, 11) is 4.11. The van der Waals surface area contributed by atoms with E-state index in [4.69, 9.17) is 4.98 Å². The van der Waals surface area contributed by atoms with Crippen molar-refractivity contribution in [1.29, 1.82) is 0 Å². The van der Waals surface area contributed by atoms with Crippen LogP contribution in [0.5, 0.6) is 0 Å². The normalized spacial score (nSPS) is 12.5. The van der Waals surface area contributed by atoms with Crippen molar-refractivity contribution in [2.24, 2.45) is 0 Å². The standard InChI is InChI=1S/C19H22N4/c1-14-8-7-11-16(12-14)18(23(2)3)19-20-17(21-22-19)13-15-9-5-4-6-10-15/h4-12,18H,13H2,1-3H3,(H,20,21,22). The van der Waals surface area contributed by atoms with Crippen LogP contribution >= 0.6 is 0 Å². The minimum Gasteiger partial charge on any atom is -0.296 e. The van der Waals surface area contributed by atoms with Gasteiger partial charge in [0.1, 0.15) is 5.82 Å². The number of nitrogens with one attached hydrogen (secondary N) is 1. The van der Waals surface area contributed by atoms with Crippen LogP contribution in [0.3, 0.4) is 0 Å². The van der Waals surface area contributed by atoms with Crippen LogP contribution in [-0.2, 0) is 6.42 Å². The van der Waals surface area contributed by atoms with E-state index in [1.54, 1.807) is 0 Å². The third-order valence-electron chi connectivity index (χ3n) is 3.88. The molecule has 0 aliphatic heterocycles. The van der Waals surface area contributed by atoms with Crippen LogP contribution in [0.2, 0.25) is 0 Å². The number of aromatic nitrogens is 3. The highest BCUT2D eigenvalue weighted by molar-refractivity contribution is 5.29. The van der Waals surface area contributed by atoms with Crippen LogP contribution < -0.4 is 0 Å². The Morgan fingerprint density at radius 1 is 1.04 bits per heavy atom. The van der Waals surface area contributed by atoms with E-state index in [0.29, 0.717) is 0 Å². The zero-order chi connectivity index (χ0) is 16.2. The Labute approximate surface area is 137 Å². The van der Waals surface area contributed by atoms with Gasteiger partial charge in [0.15, 0.2) is 5.82 Å². The summed E-state index contributed by atoms with van der Waals surface area (Å²) in [5.41, 5.74) is 3.68. The van der Waals surface area contributed by atoms with Crippen LogP contribution in [0, 0.1) is 6.92 Å². The van der Waals surface area contributed by atoms with E-state index in [1.165, 1.54) is 16.7 Å². The van der Waals surface area contributed by atoms with Gasteiger partial charge in [0.25, 0.3) is 0 Å². The van der Waals surface area contributed by atoms with Crippen LogP contribution in [0.15, 0.2) is 54.6 Å². The largest absolute Gasteiger partial charge is 0.296 e. The van der Waals surface area contributed by atoms with Gasteiger partial charge in [-0.05, 0) is 32.1 Å². The Morgan fingerprint density at radius 3 is 2.52 bits per heavy atom. The number of nitrogens with zero attached hydrogens (tertiary/aromatic N) is 3. The summed E-state index contributed by atoms with van der Waals surface area (Å²) in [5.74, 6) is 1.71. The molecule has 1 N–H and O–H groups in total. The predicted molar refractivity (Wildman–Crippen MR) is 92.3 cm³/mol.